The second kappa shape index (κ2) is 5.21. The van der Waals surface area contributed by atoms with E-state index in [2.05, 4.69) is 25.2 Å². The highest BCUT2D eigenvalue weighted by Crippen LogP contribution is 2.32. The van der Waals surface area contributed by atoms with Crippen molar-refractivity contribution in [3.63, 3.8) is 0 Å². The van der Waals surface area contributed by atoms with Crippen LogP contribution >= 0.6 is 11.3 Å². The summed E-state index contributed by atoms with van der Waals surface area (Å²) in [4.78, 5) is 2.62. The van der Waals surface area contributed by atoms with Crippen molar-refractivity contribution < 1.29 is 4.39 Å². The molecule has 1 atom stereocenters. The van der Waals surface area contributed by atoms with Crippen molar-refractivity contribution in [2.45, 2.75) is 26.8 Å². The number of halogens is 1. The van der Waals surface area contributed by atoms with Gasteiger partial charge in [0.1, 0.15) is 5.82 Å². The van der Waals surface area contributed by atoms with Crippen LogP contribution in [0.15, 0.2) is 24.3 Å². The second-order valence-electron chi connectivity index (χ2n) is 4.61. The Bertz CT molecular complexity index is 540. The summed E-state index contributed by atoms with van der Waals surface area (Å²) < 4.78 is 13.2. The van der Waals surface area contributed by atoms with Crippen LogP contribution in [0.3, 0.4) is 0 Å². The average molecular weight is 263 g/mol. The SMILES string of the molecule is CNC(c1cc(C)c(C)s1)c1ccc(F)cc1C. The first-order valence-corrected chi connectivity index (χ1v) is 6.85. The predicted molar refractivity (Wildman–Crippen MR) is 75.8 cm³/mol. The van der Waals surface area contributed by atoms with Crippen molar-refractivity contribution in [1.29, 1.82) is 0 Å². The Kier molecular flexibility index (Phi) is 3.83. The van der Waals surface area contributed by atoms with Gasteiger partial charge in [-0.3, -0.25) is 0 Å². The van der Waals surface area contributed by atoms with Crippen LogP contribution in [-0.4, -0.2) is 7.05 Å². The molecule has 1 heterocycles. The van der Waals surface area contributed by atoms with Gasteiger partial charge < -0.3 is 5.32 Å². The summed E-state index contributed by atoms with van der Waals surface area (Å²) in [5, 5.41) is 3.32. The molecule has 18 heavy (non-hydrogen) atoms. The third kappa shape index (κ3) is 2.47. The monoisotopic (exact) mass is 263 g/mol. The van der Waals surface area contributed by atoms with E-state index in [-0.39, 0.29) is 11.9 Å². The smallest absolute Gasteiger partial charge is 0.123 e. The van der Waals surface area contributed by atoms with E-state index < -0.39 is 0 Å². The molecule has 0 aliphatic rings. The average Bonchev–Trinajstić information content (AvgIpc) is 2.63. The molecule has 0 fully saturated rings. The van der Waals surface area contributed by atoms with E-state index in [1.54, 1.807) is 17.4 Å². The fourth-order valence-corrected chi connectivity index (χ4v) is 3.33. The molecule has 2 rings (SSSR count). The molecule has 1 nitrogen and oxygen atoms in total. The molecule has 0 saturated carbocycles. The maximum Gasteiger partial charge on any atom is 0.123 e. The maximum absolute atomic E-state index is 13.2. The van der Waals surface area contributed by atoms with Crippen molar-refractivity contribution in [1.82, 2.24) is 5.32 Å². The third-order valence-electron chi connectivity index (χ3n) is 3.30. The molecule has 0 spiro atoms. The lowest BCUT2D eigenvalue weighted by Gasteiger charge is -2.17. The van der Waals surface area contributed by atoms with E-state index >= 15 is 0 Å². The van der Waals surface area contributed by atoms with Gasteiger partial charge in [0.15, 0.2) is 0 Å². The summed E-state index contributed by atoms with van der Waals surface area (Å²) in [5.41, 5.74) is 3.44. The van der Waals surface area contributed by atoms with Gasteiger partial charge >= 0.3 is 0 Å². The molecule has 1 aromatic carbocycles. The molecule has 3 heteroatoms. The Hall–Kier alpha value is -1.19. The molecule has 1 aromatic heterocycles. The number of aryl methyl sites for hydroxylation is 3. The van der Waals surface area contributed by atoms with Gasteiger partial charge in [-0.05, 0) is 62.7 Å². The number of rotatable bonds is 3. The maximum atomic E-state index is 13.2. The summed E-state index contributed by atoms with van der Waals surface area (Å²) in [6.07, 6.45) is 0. The van der Waals surface area contributed by atoms with E-state index in [1.807, 2.05) is 20.0 Å². The van der Waals surface area contributed by atoms with Crippen LogP contribution < -0.4 is 5.32 Å². The largest absolute Gasteiger partial charge is 0.309 e. The molecule has 96 valence electrons. The summed E-state index contributed by atoms with van der Waals surface area (Å²) >= 11 is 1.80. The van der Waals surface area contributed by atoms with Gasteiger partial charge in [-0.15, -0.1) is 11.3 Å². The lowest BCUT2D eigenvalue weighted by Crippen LogP contribution is -2.17. The van der Waals surface area contributed by atoms with Gasteiger partial charge in [0.25, 0.3) is 0 Å². The van der Waals surface area contributed by atoms with E-state index in [1.165, 1.54) is 21.4 Å². The highest BCUT2D eigenvalue weighted by atomic mass is 32.1. The Balaban J connectivity index is 2.45. The molecule has 0 amide bonds. The standard InChI is InChI=1S/C15H18FNS/c1-9-8-14(18-11(9)3)15(17-4)13-6-5-12(16)7-10(13)2/h5-8,15,17H,1-4H3. The lowest BCUT2D eigenvalue weighted by molar-refractivity contribution is 0.622. The van der Waals surface area contributed by atoms with Crippen molar-refractivity contribution in [3.8, 4) is 0 Å². The topological polar surface area (TPSA) is 12.0 Å². The van der Waals surface area contributed by atoms with Crippen LogP contribution in [0.25, 0.3) is 0 Å². The van der Waals surface area contributed by atoms with E-state index in [0.717, 1.165) is 11.1 Å². The Morgan fingerprint density at radius 2 is 1.83 bits per heavy atom. The fraction of sp³-hybridized carbons (Fsp3) is 0.333. The molecule has 0 aliphatic carbocycles. The van der Waals surface area contributed by atoms with Crippen LogP contribution in [0, 0.1) is 26.6 Å². The minimum absolute atomic E-state index is 0.142. The molecule has 0 saturated heterocycles. The minimum atomic E-state index is -0.176. The normalized spacial score (nSPS) is 12.7. The number of thiophene rings is 1. The Morgan fingerprint density at radius 1 is 1.11 bits per heavy atom. The lowest BCUT2D eigenvalue weighted by atomic mass is 9.99. The molecule has 0 aliphatic heterocycles. The summed E-state index contributed by atoms with van der Waals surface area (Å²) in [6, 6.07) is 7.34. The van der Waals surface area contributed by atoms with Crippen molar-refractivity contribution >= 4 is 11.3 Å². The van der Waals surface area contributed by atoms with E-state index in [0.29, 0.717) is 0 Å². The zero-order chi connectivity index (χ0) is 13.3. The van der Waals surface area contributed by atoms with Crippen LogP contribution in [0.2, 0.25) is 0 Å². The molecular weight excluding hydrogens is 245 g/mol. The van der Waals surface area contributed by atoms with Gasteiger partial charge in [-0.1, -0.05) is 6.07 Å². The highest BCUT2D eigenvalue weighted by molar-refractivity contribution is 7.12. The summed E-state index contributed by atoms with van der Waals surface area (Å²) in [7, 11) is 1.94. The molecule has 0 radical (unpaired) electrons. The first-order valence-electron chi connectivity index (χ1n) is 6.03. The van der Waals surface area contributed by atoms with Crippen LogP contribution in [-0.2, 0) is 0 Å². The number of benzene rings is 1. The zero-order valence-electron chi connectivity index (χ0n) is 11.2. The molecule has 1 N–H and O–H groups in total. The van der Waals surface area contributed by atoms with Gasteiger partial charge in [0, 0.05) is 9.75 Å². The first-order chi connectivity index (χ1) is 8.52. The number of nitrogens with one attached hydrogen (secondary N) is 1. The van der Waals surface area contributed by atoms with Crippen LogP contribution in [0.4, 0.5) is 4.39 Å². The number of hydrogen-bond acceptors (Lipinski definition) is 2. The van der Waals surface area contributed by atoms with Crippen LogP contribution in [0.1, 0.15) is 32.5 Å². The fourth-order valence-electron chi connectivity index (χ4n) is 2.16. The van der Waals surface area contributed by atoms with Crippen molar-refractivity contribution in [2.24, 2.45) is 0 Å². The zero-order valence-corrected chi connectivity index (χ0v) is 12.0. The quantitative estimate of drug-likeness (QED) is 0.878. The molecule has 1 unspecified atom stereocenters. The second-order valence-corrected chi connectivity index (χ2v) is 5.90. The van der Waals surface area contributed by atoms with Gasteiger partial charge in [0.2, 0.25) is 0 Å². The van der Waals surface area contributed by atoms with Crippen LogP contribution in [0.5, 0.6) is 0 Å². The molecular formula is C15H18FNS. The third-order valence-corrected chi connectivity index (χ3v) is 4.52. The Labute approximate surface area is 112 Å². The predicted octanol–water partition coefficient (Wildman–Crippen LogP) is 4.12. The molecule has 2 aromatic rings. The van der Waals surface area contributed by atoms with Crippen molar-refractivity contribution in [2.75, 3.05) is 7.05 Å². The first kappa shape index (κ1) is 13.2. The highest BCUT2D eigenvalue weighted by Gasteiger charge is 2.17. The van der Waals surface area contributed by atoms with Crippen molar-refractivity contribution in [3.05, 3.63) is 56.5 Å². The minimum Gasteiger partial charge on any atom is -0.309 e. The Morgan fingerprint density at radius 3 is 2.33 bits per heavy atom. The summed E-state index contributed by atoms with van der Waals surface area (Å²) in [6.45, 7) is 6.21. The summed E-state index contributed by atoms with van der Waals surface area (Å²) in [5.74, 6) is -0.176. The van der Waals surface area contributed by atoms with E-state index in [9.17, 15) is 4.39 Å². The number of hydrogen-bond donors (Lipinski definition) is 1. The molecule has 0 bridgehead atoms. The van der Waals surface area contributed by atoms with Gasteiger partial charge in [0.05, 0.1) is 6.04 Å². The van der Waals surface area contributed by atoms with E-state index in [4.69, 9.17) is 0 Å². The van der Waals surface area contributed by atoms with Gasteiger partial charge in [-0.2, -0.15) is 0 Å². The van der Waals surface area contributed by atoms with Gasteiger partial charge in [-0.25, -0.2) is 4.39 Å².